The number of rotatable bonds is 4. The molecule has 0 spiro atoms. The van der Waals surface area contributed by atoms with Crippen LogP contribution >= 0.6 is 0 Å². The summed E-state index contributed by atoms with van der Waals surface area (Å²) in [4.78, 5) is 22.8. The Labute approximate surface area is 126 Å². The highest BCUT2D eigenvalue weighted by atomic mass is 16.4. The number of carbonyl (C=O) groups excluding carboxylic acids is 1. The minimum absolute atomic E-state index is 0.0610. The molecule has 1 aliphatic rings. The molecule has 1 fully saturated rings. The lowest BCUT2D eigenvalue weighted by atomic mass is 10.1. The van der Waals surface area contributed by atoms with E-state index in [9.17, 15) is 9.59 Å². The standard InChI is InChI=1S/C15H16N4O3/c1-19-8-11(7-16-19)17-14(20)10-4-2-3-9(5-10)12-6-13(12)18-15(21)22/h2-5,7-8,12-13,18H,6H2,1H3,(H,17,20)(H,21,22). The Hall–Kier alpha value is -2.83. The fourth-order valence-corrected chi connectivity index (χ4v) is 2.48. The number of nitrogens with one attached hydrogen (secondary N) is 2. The zero-order valence-corrected chi connectivity index (χ0v) is 12.0. The molecule has 22 heavy (non-hydrogen) atoms. The van der Waals surface area contributed by atoms with Gasteiger partial charge in [-0.25, -0.2) is 4.79 Å². The highest BCUT2D eigenvalue weighted by Gasteiger charge is 2.39. The summed E-state index contributed by atoms with van der Waals surface area (Å²) in [6.45, 7) is 0. The molecule has 2 atom stereocenters. The monoisotopic (exact) mass is 300 g/mol. The Bertz CT molecular complexity index is 725. The smallest absolute Gasteiger partial charge is 0.404 e. The van der Waals surface area contributed by atoms with Gasteiger partial charge in [0.2, 0.25) is 0 Å². The highest BCUT2D eigenvalue weighted by molar-refractivity contribution is 6.04. The molecule has 114 valence electrons. The average molecular weight is 300 g/mol. The van der Waals surface area contributed by atoms with Crippen LogP contribution in [0.4, 0.5) is 10.5 Å². The fraction of sp³-hybridized carbons (Fsp3) is 0.267. The van der Waals surface area contributed by atoms with Crippen molar-refractivity contribution in [2.45, 2.75) is 18.4 Å². The van der Waals surface area contributed by atoms with E-state index < -0.39 is 6.09 Å². The SMILES string of the molecule is Cn1cc(NC(=O)c2cccc(C3CC3NC(=O)O)c2)cn1. The summed E-state index contributed by atoms with van der Waals surface area (Å²) >= 11 is 0. The second-order valence-corrected chi connectivity index (χ2v) is 5.38. The normalized spacial score (nSPS) is 19.5. The molecule has 1 aromatic carbocycles. The number of benzene rings is 1. The van der Waals surface area contributed by atoms with Crippen molar-refractivity contribution in [2.24, 2.45) is 7.05 Å². The van der Waals surface area contributed by atoms with Crippen LogP contribution in [-0.4, -0.2) is 32.9 Å². The van der Waals surface area contributed by atoms with Gasteiger partial charge < -0.3 is 15.7 Å². The molecule has 2 unspecified atom stereocenters. The van der Waals surface area contributed by atoms with E-state index in [0.29, 0.717) is 11.3 Å². The van der Waals surface area contributed by atoms with Crippen LogP contribution in [-0.2, 0) is 7.05 Å². The molecule has 7 nitrogen and oxygen atoms in total. The molecular weight excluding hydrogens is 284 g/mol. The van der Waals surface area contributed by atoms with Crippen molar-refractivity contribution in [3.05, 3.63) is 47.8 Å². The summed E-state index contributed by atoms with van der Waals surface area (Å²) in [5, 5.41) is 17.9. The van der Waals surface area contributed by atoms with Crippen molar-refractivity contribution in [1.82, 2.24) is 15.1 Å². The summed E-state index contributed by atoms with van der Waals surface area (Å²) < 4.78 is 1.61. The molecular formula is C15H16N4O3. The number of carbonyl (C=O) groups is 2. The Morgan fingerprint density at radius 1 is 1.41 bits per heavy atom. The molecule has 0 aliphatic heterocycles. The van der Waals surface area contributed by atoms with Crippen molar-refractivity contribution >= 4 is 17.7 Å². The van der Waals surface area contributed by atoms with Gasteiger partial charge in [0.05, 0.1) is 11.9 Å². The van der Waals surface area contributed by atoms with Gasteiger partial charge in [-0.15, -0.1) is 0 Å². The number of aromatic nitrogens is 2. The van der Waals surface area contributed by atoms with E-state index >= 15 is 0 Å². The van der Waals surface area contributed by atoms with Crippen LogP contribution < -0.4 is 10.6 Å². The molecule has 2 amide bonds. The number of hydrogen-bond acceptors (Lipinski definition) is 3. The molecule has 0 saturated heterocycles. The Balaban J connectivity index is 1.69. The molecule has 2 aromatic rings. The van der Waals surface area contributed by atoms with Crippen LogP contribution in [0.1, 0.15) is 28.3 Å². The molecule has 1 saturated carbocycles. The predicted octanol–water partition coefficient (Wildman–Crippen LogP) is 1.80. The third-order valence-corrected chi connectivity index (χ3v) is 3.64. The number of amides is 2. The minimum Gasteiger partial charge on any atom is -0.465 e. The lowest BCUT2D eigenvalue weighted by Gasteiger charge is -2.05. The van der Waals surface area contributed by atoms with Crippen molar-refractivity contribution in [3.8, 4) is 0 Å². The van der Waals surface area contributed by atoms with Gasteiger partial charge in [0.1, 0.15) is 0 Å². The number of hydrogen-bond donors (Lipinski definition) is 3. The van der Waals surface area contributed by atoms with Crippen LogP contribution in [0.3, 0.4) is 0 Å². The molecule has 1 aromatic heterocycles. The molecule has 7 heteroatoms. The second kappa shape index (κ2) is 5.51. The maximum atomic E-state index is 12.2. The molecule has 3 rings (SSSR count). The Morgan fingerprint density at radius 2 is 2.23 bits per heavy atom. The van der Waals surface area contributed by atoms with Gasteiger partial charge >= 0.3 is 6.09 Å². The van der Waals surface area contributed by atoms with E-state index in [2.05, 4.69) is 15.7 Å². The van der Waals surface area contributed by atoms with E-state index in [1.807, 2.05) is 12.1 Å². The molecule has 0 bridgehead atoms. The number of aryl methyl sites for hydroxylation is 1. The van der Waals surface area contributed by atoms with Gasteiger partial charge in [0.15, 0.2) is 0 Å². The van der Waals surface area contributed by atoms with E-state index in [1.54, 1.807) is 36.3 Å². The van der Waals surface area contributed by atoms with Crippen molar-refractivity contribution in [3.63, 3.8) is 0 Å². The molecule has 1 aliphatic carbocycles. The predicted molar refractivity (Wildman–Crippen MR) is 79.9 cm³/mol. The third kappa shape index (κ3) is 3.08. The van der Waals surface area contributed by atoms with E-state index in [1.165, 1.54) is 0 Å². The van der Waals surface area contributed by atoms with Crippen molar-refractivity contribution in [1.29, 1.82) is 0 Å². The largest absolute Gasteiger partial charge is 0.465 e. The van der Waals surface area contributed by atoms with Crippen LogP contribution in [0, 0.1) is 0 Å². The van der Waals surface area contributed by atoms with Gasteiger partial charge in [-0.1, -0.05) is 12.1 Å². The van der Waals surface area contributed by atoms with Crippen LogP contribution in [0.5, 0.6) is 0 Å². The van der Waals surface area contributed by atoms with Gasteiger partial charge in [-0.05, 0) is 24.1 Å². The van der Waals surface area contributed by atoms with Gasteiger partial charge in [-0.2, -0.15) is 5.10 Å². The Kier molecular flexibility index (Phi) is 3.54. The van der Waals surface area contributed by atoms with Crippen molar-refractivity contribution in [2.75, 3.05) is 5.32 Å². The molecule has 3 N–H and O–H groups in total. The number of carboxylic acid groups (broad SMARTS) is 1. The lowest BCUT2D eigenvalue weighted by molar-refractivity contribution is 0.102. The van der Waals surface area contributed by atoms with E-state index in [4.69, 9.17) is 5.11 Å². The van der Waals surface area contributed by atoms with Gasteiger partial charge in [-0.3, -0.25) is 9.48 Å². The Morgan fingerprint density at radius 3 is 2.91 bits per heavy atom. The zero-order chi connectivity index (χ0) is 15.7. The summed E-state index contributed by atoms with van der Waals surface area (Å²) in [5.41, 5.74) is 2.15. The summed E-state index contributed by atoms with van der Waals surface area (Å²) in [7, 11) is 1.78. The first kappa shape index (κ1) is 14.1. The van der Waals surface area contributed by atoms with Crippen LogP contribution in [0.15, 0.2) is 36.7 Å². The van der Waals surface area contributed by atoms with E-state index in [-0.39, 0.29) is 17.9 Å². The first-order valence-corrected chi connectivity index (χ1v) is 6.92. The topological polar surface area (TPSA) is 96.2 Å². The molecule has 1 heterocycles. The fourth-order valence-electron chi connectivity index (χ4n) is 2.48. The third-order valence-electron chi connectivity index (χ3n) is 3.64. The first-order valence-electron chi connectivity index (χ1n) is 6.92. The average Bonchev–Trinajstić information content (AvgIpc) is 3.11. The van der Waals surface area contributed by atoms with Crippen molar-refractivity contribution < 1.29 is 14.7 Å². The maximum absolute atomic E-state index is 12.2. The van der Waals surface area contributed by atoms with Crippen LogP contribution in [0.2, 0.25) is 0 Å². The van der Waals surface area contributed by atoms with Gasteiger partial charge in [0.25, 0.3) is 5.91 Å². The van der Waals surface area contributed by atoms with Gasteiger partial charge in [0, 0.05) is 30.8 Å². The number of anilines is 1. The molecule has 0 radical (unpaired) electrons. The van der Waals surface area contributed by atoms with E-state index in [0.717, 1.165) is 12.0 Å². The number of nitrogens with zero attached hydrogens (tertiary/aromatic N) is 2. The quantitative estimate of drug-likeness (QED) is 0.802. The highest BCUT2D eigenvalue weighted by Crippen LogP contribution is 2.40. The summed E-state index contributed by atoms with van der Waals surface area (Å²) in [6.07, 6.45) is 3.04. The minimum atomic E-state index is -1.02. The zero-order valence-electron chi connectivity index (χ0n) is 12.0. The first-order chi connectivity index (χ1) is 10.5. The summed E-state index contributed by atoms with van der Waals surface area (Å²) in [6, 6.07) is 7.20. The summed E-state index contributed by atoms with van der Waals surface area (Å²) in [5.74, 6) is -0.0690. The lowest BCUT2D eigenvalue weighted by Crippen LogP contribution is -2.24. The second-order valence-electron chi connectivity index (χ2n) is 5.38. The van der Waals surface area contributed by atoms with Crippen LogP contribution in [0.25, 0.3) is 0 Å². The maximum Gasteiger partial charge on any atom is 0.404 e.